The standard InChI is InChI=1S/C37H39NO5S/c1-28(36(40)41)38-35(39)26-34(43-27-29-21-23-33(42-2)24-22-29)20-12-13-25-44-37(30-14-6-3-7-15-30,31-16-8-4-9-17-31)32-18-10-5-11-19-32/h3-12,14-24,28,34H,13,25-27H2,1-2H3,(H,38,39)(H,40,41)/b20-12+/t28-,34-/m1/s1. The first-order chi connectivity index (χ1) is 21.4. The Morgan fingerprint density at radius 2 is 1.36 bits per heavy atom. The summed E-state index contributed by atoms with van der Waals surface area (Å²) < 4.78 is 11.0. The fourth-order valence-electron chi connectivity index (χ4n) is 4.95. The number of amides is 1. The molecule has 2 N–H and O–H groups in total. The third kappa shape index (κ3) is 8.85. The molecule has 0 bridgehead atoms. The van der Waals surface area contributed by atoms with Crippen molar-refractivity contribution in [1.82, 2.24) is 5.32 Å². The zero-order valence-electron chi connectivity index (χ0n) is 25.1. The van der Waals surface area contributed by atoms with Crippen molar-refractivity contribution < 1.29 is 24.2 Å². The number of ether oxygens (including phenoxy) is 2. The van der Waals surface area contributed by atoms with E-state index in [-0.39, 0.29) is 12.3 Å². The lowest BCUT2D eigenvalue weighted by Gasteiger charge is -2.35. The lowest BCUT2D eigenvalue weighted by atomic mass is 9.84. The van der Waals surface area contributed by atoms with Gasteiger partial charge in [-0.15, -0.1) is 11.8 Å². The van der Waals surface area contributed by atoms with Crippen LogP contribution in [-0.4, -0.2) is 42.0 Å². The van der Waals surface area contributed by atoms with Gasteiger partial charge in [0.25, 0.3) is 0 Å². The van der Waals surface area contributed by atoms with E-state index in [9.17, 15) is 14.7 Å². The Morgan fingerprint density at radius 1 is 0.841 bits per heavy atom. The van der Waals surface area contributed by atoms with Gasteiger partial charge in [-0.1, -0.05) is 115 Å². The lowest BCUT2D eigenvalue weighted by Crippen LogP contribution is -2.39. The minimum atomic E-state index is -1.08. The van der Waals surface area contributed by atoms with Gasteiger partial charge in [0.2, 0.25) is 5.91 Å². The van der Waals surface area contributed by atoms with Crippen LogP contribution in [-0.2, 0) is 25.7 Å². The summed E-state index contributed by atoms with van der Waals surface area (Å²) in [6.45, 7) is 1.74. The molecule has 0 radical (unpaired) electrons. The second-order valence-corrected chi connectivity index (χ2v) is 11.7. The molecule has 4 aromatic rings. The summed E-state index contributed by atoms with van der Waals surface area (Å²) in [7, 11) is 1.62. The molecule has 0 heterocycles. The smallest absolute Gasteiger partial charge is 0.325 e. The Kier molecular flexibility index (Phi) is 12.2. The molecule has 0 saturated carbocycles. The number of carboxylic acids is 1. The van der Waals surface area contributed by atoms with Gasteiger partial charge in [-0.3, -0.25) is 9.59 Å². The van der Waals surface area contributed by atoms with Crippen molar-refractivity contribution >= 4 is 23.6 Å². The second kappa shape index (κ2) is 16.5. The van der Waals surface area contributed by atoms with E-state index >= 15 is 0 Å². The van der Waals surface area contributed by atoms with Gasteiger partial charge in [-0.2, -0.15) is 0 Å². The molecule has 0 aliphatic carbocycles. The van der Waals surface area contributed by atoms with Crippen LogP contribution >= 0.6 is 11.8 Å². The van der Waals surface area contributed by atoms with Gasteiger partial charge >= 0.3 is 5.97 Å². The van der Waals surface area contributed by atoms with E-state index in [1.54, 1.807) is 7.11 Å². The van der Waals surface area contributed by atoms with E-state index in [2.05, 4.69) is 78.1 Å². The van der Waals surface area contributed by atoms with Crippen LogP contribution in [0.3, 0.4) is 0 Å². The number of hydrogen-bond donors (Lipinski definition) is 2. The van der Waals surface area contributed by atoms with Crippen LogP contribution in [0.1, 0.15) is 42.0 Å². The average molecular weight is 610 g/mol. The highest BCUT2D eigenvalue weighted by atomic mass is 32.2. The fourth-order valence-corrected chi connectivity index (χ4v) is 6.42. The highest BCUT2D eigenvalue weighted by molar-refractivity contribution is 8.00. The topological polar surface area (TPSA) is 84.9 Å². The van der Waals surface area contributed by atoms with Crippen molar-refractivity contribution in [3.8, 4) is 5.75 Å². The predicted molar refractivity (Wildman–Crippen MR) is 177 cm³/mol. The molecule has 0 aliphatic rings. The molecular formula is C37H39NO5S. The summed E-state index contributed by atoms with van der Waals surface area (Å²) in [5, 5.41) is 11.7. The van der Waals surface area contributed by atoms with E-state index in [4.69, 9.17) is 9.47 Å². The zero-order valence-corrected chi connectivity index (χ0v) is 25.9. The molecule has 0 spiro atoms. The van der Waals surface area contributed by atoms with Gasteiger partial charge in [0, 0.05) is 0 Å². The average Bonchev–Trinajstić information content (AvgIpc) is 3.06. The van der Waals surface area contributed by atoms with Crippen LogP contribution in [0.2, 0.25) is 0 Å². The summed E-state index contributed by atoms with van der Waals surface area (Å²) in [6.07, 6.45) is 4.19. The van der Waals surface area contributed by atoms with Crippen molar-refractivity contribution in [1.29, 1.82) is 0 Å². The van der Waals surface area contributed by atoms with Crippen molar-refractivity contribution in [3.63, 3.8) is 0 Å². The maximum atomic E-state index is 12.6. The molecule has 0 fully saturated rings. The molecule has 0 aromatic heterocycles. The molecule has 7 heteroatoms. The monoisotopic (exact) mass is 609 g/mol. The Hall–Kier alpha value is -4.33. The first-order valence-electron chi connectivity index (χ1n) is 14.7. The molecular weight excluding hydrogens is 570 g/mol. The van der Waals surface area contributed by atoms with Gasteiger partial charge in [-0.25, -0.2) is 0 Å². The normalized spacial score (nSPS) is 12.9. The highest BCUT2D eigenvalue weighted by Crippen LogP contribution is 2.48. The number of thioether (sulfide) groups is 1. The van der Waals surface area contributed by atoms with E-state index in [1.807, 2.05) is 66.4 Å². The Labute approximate surface area is 264 Å². The Morgan fingerprint density at radius 3 is 1.84 bits per heavy atom. The minimum Gasteiger partial charge on any atom is -0.497 e. The van der Waals surface area contributed by atoms with Gasteiger partial charge in [-0.05, 0) is 53.5 Å². The summed E-state index contributed by atoms with van der Waals surface area (Å²) in [6, 6.07) is 38.3. The summed E-state index contributed by atoms with van der Waals surface area (Å²) in [5.41, 5.74) is 4.56. The number of aliphatic carboxylic acids is 1. The van der Waals surface area contributed by atoms with Crippen LogP contribution in [0.4, 0.5) is 0 Å². The number of rotatable bonds is 16. The van der Waals surface area contributed by atoms with Crippen LogP contribution in [0, 0.1) is 0 Å². The highest BCUT2D eigenvalue weighted by Gasteiger charge is 2.36. The first-order valence-corrected chi connectivity index (χ1v) is 15.6. The van der Waals surface area contributed by atoms with Crippen molar-refractivity contribution in [3.05, 3.63) is 150 Å². The first kappa shape index (κ1) is 32.6. The van der Waals surface area contributed by atoms with Gasteiger partial charge in [0.05, 0.1) is 31.0 Å². The van der Waals surface area contributed by atoms with Crippen LogP contribution in [0.25, 0.3) is 0 Å². The number of hydrogen-bond acceptors (Lipinski definition) is 5. The summed E-state index contributed by atoms with van der Waals surface area (Å²) >= 11 is 1.87. The van der Waals surface area contributed by atoms with Gasteiger partial charge in [0.15, 0.2) is 0 Å². The fraction of sp³-hybridized carbons (Fsp3) is 0.243. The van der Waals surface area contributed by atoms with E-state index < -0.39 is 22.9 Å². The molecule has 6 nitrogen and oxygen atoms in total. The summed E-state index contributed by atoms with van der Waals surface area (Å²) in [5.74, 6) is 0.0976. The Balaban J connectivity index is 1.51. The number of benzene rings is 4. The van der Waals surface area contributed by atoms with E-state index in [0.29, 0.717) is 6.61 Å². The molecule has 0 aliphatic heterocycles. The number of allylic oxidation sites excluding steroid dienone is 1. The third-order valence-corrected chi connectivity index (χ3v) is 8.83. The number of methoxy groups -OCH3 is 1. The summed E-state index contributed by atoms with van der Waals surface area (Å²) in [4.78, 5) is 23.9. The quantitative estimate of drug-likeness (QED) is 0.0792. The second-order valence-electron chi connectivity index (χ2n) is 10.4. The molecule has 2 atom stereocenters. The number of carboxylic acid groups (broad SMARTS) is 1. The number of nitrogens with one attached hydrogen (secondary N) is 1. The van der Waals surface area contributed by atoms with Gasteiger partial charge < -0.3 is 19.9 Å². The molecule has 44 heavy (non-hydrogen) atoms. The van der Waals surface area contributed by atoms with E-state index in [1.165, 1.54) is 23.6 Å². The maximum Gasteiger partial charge on any atom is 0.325 e. The van der Waals surface area contributed by atoms with Gasteiger partial charge in [0.1, 0.15) is 11.8 Å². The predicted octanol–water partition coefficient (Wildman–Crippen LogP) is 7.23. The maximum absolute atomic E-state index is 12.6. The number of carbonyl (C=O) groups is 2. The SMILES string of the molecule is COc1ccc(CO[C@H](/C=C/CCSC(c2ccccc2)(c2ccccc2)c2ccccc2)CC(=O)N[C@H](C)C(=O)O)cc1. The van der Waals surface area contributed by atoms with Crippen LogP contribution in [0.15, 0.2) is 127 Å². The van der Waals surface area contributed by atoms with Crippen LogP contribution < -0.4 is 10.1 Å². The van der Waals surface area contributed by atoms with Crippen molar-refractivity contribution in [2.24, 2.45) is 0 Å². The molecule has 0 saturated heterocycles. The molecule has 228 valence electrons. The minimum absolute atomic E-state index is 0.0133. The van der Waals surface area contributed by atoms with E-state index in [0.717, 1.165) is 23.5 Å². The molecule has 1 amide bonds. The Bertz CT molecular complexity index is 1380. The van der Waals surface area contributed by atoms with Crippen LogP contribution in [0.5, 0.6) is 5.75 Å². The molecule has 4 rings (SSSR count). The molecule has 0 unspecified atom stereocenters. The largest absolute Gasteiger partial charge is 0.497 e. The lowest BCUT2D eigenvalue weighted by molar-refractivity contribution is -0.141. The van der Waals surface area contributed by atoms with Crippen molar-refractivity contribution in [2.75, 3.05) is 12.9 Å². The zero-order chi connectivity index (χ0) is 31.2. The number of carbonyl (C=O) groups excluding carboxylic acids is 1. The third-order valence-electron chi connectivity index (χ3n) is 7.25. The van der Waals surface area contributed by atoms with Crippen molar-refractivity contribution in [2.45, 2.75) is 43.3 Å². The molecule has 4 aromatic carbocycles.